The van der Waals surface area contributed by atoms with Gasteiger partial charge in [-0.3, -0.25) is 0 Å². The van der Waals surface area contributed by atoms with Crippen molar-refractivity contribution in [3.8, 4) is 0 Å². The van der Waals surface area contributed by atoms with Crippen LogP contribution in [0.5, 0.6) is 0 Å². The minimum Gasteiger partial charge on any atom is -0.358 e. The van der Waals surface area contributed by atoms with E-state index in [2.05, 4.69) is 30.8 Å². The highest BCUT2D eigenvalue weighted by Crippen LogP contribution is 2.55. The molecule has 1 saturated heterocycles. The number of hydrogen-bond donors (Lipinski definition) is 0. The normalized spacial score (nSPS) is 31.9. The van der Waals surface area contributed by atoms with Gasteiger partial charge in [0.2, 0.25) is 0 Å². The van der Waals surface area contributed by atoms with E-state index in [-0.39, 0.29) is 4.93 Å². The van der Waals surface area contributed by atoms with Crippen molar-refractivity contribution >= 4 is 11.8 Å². The van der Waals surface area contributed by atoms with Gasteiger partial charge in [0.05, 0.1) is 6.10 Å². The second-order valence-electron chi connectivity index (χ2n) is 7.70. The summed E-state index contributed by atoms with van der Waals surface area (Å²) in [5.74, 6) is 2.86. The summed E-state index contributed by atoms with van der Waals surface area (Å²) in [5.41, 5.74) is 0. The van der Waals surface area contributed by atoms with E-state index in [0.717, 1.165) is 18.4 Å². The third-order valence-corrected chi connectivity index (χ3v) is 7.52. The third-order valence-electron chi connectivity index (χ3n) is 5.76. The first-order valence-corrected chi connectivity index (χ1v) is 10.2. The van der Waals surface area contributed by atoms with Gasteiger partial charge in [0, 0.05) is 12.3 Å². The second-order valence-corrected chi connectivity index (χ2v) is 8.96. The molecule has 0 bridgehead atoms. The number of hydrogen-bond acceptors (Lipinski definition) is 3. The first-order chi connectivity index (χ1) is 10.2. The summed E-state index contributed by atoms with van der Waals surface area (Å²) >= 11 is 2.20. The molecule has 0 aromatic carbocycles. The Morgan fingerprint density at radius 3 is 1.90 bits per heavy atom. The predicted octanol–water partition coefficient (Wildman–Crippen LogP) is 4.54. The van der Waals surface area contributed by atoms with Crippen LogP contribution in [-0.2, 0) is 4.74 Å². The zero-order valence-electron chi connectivity index (χ0n) is 14.0. The Labute approximate surface area is 135 Å². The molecule has 3 heteroatoms. The molecule has 1 atom stereocenters. The van der Waals surface area contributed by atoms with E-state index < -0.39 is 0 Å². The van der Waals surface area contributed by atoms with Crippen LogP contribution in [0.25, 0.3) is 0 Å². The van der Waals surface area contributed by atoms with Gasteiger partial charge in [0.1, 0.15) is 4.93 Å². The van der Waals surface area contributed by atoms with Crippen LogP contribution >= 0.6 is 11.8 Å². The lowest BCUT2D eigenvalue weighted by molar-refractivity contribution is -0.0970. The Kier molecular flexibility index (Phi) is 5.55. The molecule has 1 aliphatic heterocycles. The highest BCUT2D eigenvalue weighted by molar-refractivity contribution is 8.00. The minimum atomic E-state index is 0.182. The first-order valence-electron chi connectivity index (χ1n) is 9.17. The van der Waals surface area contributed by atoms with Crippen LogP contribution < -0.4 is 0 Å². The van der Waals surface area contributed by atoms with E-state index in [1.807, 2.05) is 0 Å². The maximum Gasteiger partial charge on any atom is 0.119 e. The number of ether oxygens (including phenoxy) is 1. The van der Waals surface area contributed by atoms with Gasteiger partial charge < -0.3 is 9.64 Å². The van der Waals surface area contributed by atoms with Crippen molar-refractivity contribution in [1.29, 1.82) is 0 Å². The first kappa shape index (κ1) is 16.1. The standard InChI is InChI=1S/C18H33NOS/c1-19(2)13-17-14-21-18(20-17,15-9-5-3-6-10-15)16-11-7-4-8-12-16/h15-17H,3-14H2,1-2H3. The summed E-state index contributed by atoms with van der Waals surface area (Å²) in [4.78, 5) is 2.48. The van der Waals surface area contributed by atoms with E-state index in [1.165, 1.54) is 70.0 Å². The highest BCUT2D eigenvalue weighted by Gasteiger charge is 2.52. The Balaban J connectivity index is 1.74. The van der Waals surface area contributed by atoms with Crippen LogP contribution in [0.15, 0.2) is 0 Å². The molecule has 0 aromatic heterocycles. The largest absolute Gasteiger partial charge is 0.358 e. The quantitative estimate of drug-likeness (QED) is 0.756. The molecule has 0 radical (unpaired) electrons. The second kappa shape index (κ2) is 7.23. The average molecular weight is 312 g/mol. The van der Waals surface area contributed by atoms with Crippen LogP contribution in [0.4, 0.5) is 0 Å². The van der Waals surface area contributed by atoms with Crippen molar-refractivity contribution in [3.63, 3.8) is 0 Å². The van der Waals surface area contributed by atoms with Crippen molar-refractivity contribution in [2.24, 2.45) is 11.8 Å². The Morgan fingerprint density at radius 1 is 0.905 bits per heavy atom. The fourth-order valence-corrected chi connectivity index (χ4v) is 6.59. The SMILES string of the molecule is CN(C)CC1CSC(C2CCCCC2)(C2CCCCC2)O1. The molecule has 21 heavy (non-hydrogen) atoms. The summed E-state index contributed by atoms with van der Waals surface area (Å²) in [6.07, 6.45) is 14.7. The van der Waals surface area contributed by atoms with Crippen LogP contribution in [-0.4, -0.2) is 42.3 Å². The van der Waals surface area contributed by atoms with E-state index in [1.54, 1.807) is 0 Å². The van der Waals surface area contributed by atoms with Crippen molar-refractivity contribution in [2.75, 3.05) is 26.4 Å². The molecule has 0 spiro atoms. The molecule has 0 aromatic rings. The maximum absolute atomic E-state index is 6.86. The number of rotatable bonds is 4. The van der Waals surface area contributed by atoms with Gasteiger partial charge in [0.25, 0.3) is 0 Å². The molecule has 1 unspecified atom stereocenters. The third kappa shape index (κ3) is 3.61. The minimum absolute atomic E-state index is 0.182. The predicted molar refractivity (Wildman–Crippen MR) is 91.8 cm³/mol. The van der Waals surface area contributed by atoms with Crippen LogP contribution in [0, 0.1) is 11.8 Å². The van der Waals surface area contributed by atoms with Crippen LogP contribution in [0.3, 0.4) is 0 Å². The van der Waals surface area contributed by atoms with E-state index in [0.29, 0.717) is 6.10 Å². The van der Waals surface area contributed by atoms with Crippen molar-refractivity contribution < 1.29 is 4.74 Å². The molecule has 1 heterocycles. The van der Waals surface area contributed by atoms with Crippen LogP contribution in [0.2, 0.25) is 0 Å². The molecule has 3 aliphatic rings. The molecular weight excluding hydrogens is 278 g/mol. The van der Waals surface area contributed by atoms with Gasteiger partial charge >= 0.3 is 0 Å². The van der Waals surface area contributed by atoms with E-state index in [4.69, 9.17) is 4.74 Å². The van der Waals surface area contributed by atoms with Crippen molar-refractivity contribution in [3.05, 3.63) is 0 Å². The van der Waals surface area contributed by atoms with Crippen LogP contribution in [0.1, 0.15) is 64.2 Å². The molecule has 2 aliphatic carbocycles. The Hall–Kier alpha value is 0.270. The summed E-state index contributed by atoms with van der Waals surface area (Å²) in [7, 11) is 4.35. The fraction of sp³-hybridized carbons (Fsp3) is 1.00. The molecule has 2 saturated carbocycles. The van der Waals surface area contributed by atoms with Gasteiger partial charge in [-0.25, -0.2) is 0 Å². The monoisotopic (exact) mass is 311 g/mol. The zero-order chi connectivity index (χ0) is 14.7. The van der Waals surface area contributed by atoms with Crippen molar-refractivity contribution in [2.45, 2.75) is 75.2 Å². The molecule has 3 fully saturated rings. The van der Waals surface area contributed by atoms with Gasteiger partial charge in [-0.1, -0.05) is 38.5 Å². The zero-order valence-corrected chi connectivity index (χ0v) is 14.8. The molecule has 0 N–H and O–H groups in total. The molecule has 2 nitrogen and oxygen atoms in total. The van der Waals surface area contributed by atoms with Gasteiger partial charge in [-0.2, -0.15) is 0 Å². The maximum atomic E-state index is 6.86. The lowest BCUT2D eigenvalue weighted by atomic mass is 9.74. The molecule has 122 valence electrons. The molecular formula is C18H33NOS. The molecule has 0 amide bonds. The lowest BCUT2D eigenvalue weighted by Crippen LogP contribution is -2.45. The Bertz CT molecular complexity index is 303. The van der Waals surface area contributed by atoms with E-state index in [9.17, 15) is 0 Å². The van der Waals surface area contributed by atoms with Gasteiger partial charge in [-0.15, -0.1) is 11.8 Å². The fourth-order valence-electron chi connectivity index (χ4n) is 4.82. The van der Waals surface area contributed by atoms with E-state index >= 15 is 0 Å². The highest BCUT2D eigenvalue weighted by atomic mass is 32.2. The smallest absolute Gasteiger partial charge is 0.119 e. The number of nitrogens with zero attached hydrogens (tertiary/aromatic N) is 1. The van der Waals surface area contributed by atoms with Gasteiger partial charge in [0.15, 0.2) is 0 Å². The summed E-state index contributed by atoms with van der Waals surface area (Å²) in [6.45, 7) is 1.09. The average Bonchev–Trinajstić information content (AvgIpc) is 2.93. The summed E-state index contributed by atoms with van der Waals surface area (Å²) < 4.78 is 6.86. The van der Waals surface area contributed by atoms with Gasteiger partial charge in [-0.05, 0) is 51.6 Å². The summed E-state index contributed by atoms with van der Waals surface area (Å²) in [5, 5.41) is 0. The summed E-state index contributed by atoms with van der Waals surface area (Å²) in [6, 6.07) is 0. The molecule has 3 rings (SSSR count). The lowest BCUT2D eigenvalue weighted by Gasteiger charge is -2.45. The number of likely N-dealkylation sites (N-methyl/N-ethyl adjacent to an activating group) is 1. The number of thioether (sulfide) groups is 1. The van der Waals surface area contributed by atoms with Crippen molar-refractivity contribution in [1.82, 2.24) is 4.90 Å². The Morgan fingerprint density at radius 2 is 1.43 bits per heavy atom. The topological polar surface area (TPSA) is 12.5 Å².